The number of piperidine rings is 1. The van der Waals surface area contributed by atoms with Crippen molar-refractivity contribution in [2.75, 3.05) is 24.7 Å². The Balaban J connectivity index is 1.89. The zero-order chi connectivity index (χ0) is 13.8. The predicted octanol–water partition coefficient (Wildman–Crippen LogP) is 0.998. The molecule has 0 aromatic rings. The number of carbonyl (C=O) groups excluding carboxylic acids is 1. The maximum atomic E-state index is 12.3. The molecule has 1 amide bonds. The lowest BCUT2D eigenvalue weighted by Crippen LogP contribution is -2.49. The minimum atomic E-state index is -0.746. The van der Waals surface area contributed by atoms with Crippen molar-refractivity contribution in [1.29, 1.82) is 0 Å². The number of thioether (sulfide) groups is 1. The molecule has 0 radical (unpaired) electrons. The number of likely N-dealkylation sites (tertiary alicyclic amines) is 1. The van der Waals surface area contributed by atoms with Gasteiger partial charge in [-0.15, -0.1) is 11.8 Å². The highest BCUT2D eigenvalue weighted by atomic mass is 32.2. The fourth-order valence-electron chi connectivity index (χ4n) is 2.89. The molecule has 2 aliphatic rings. The van der Waals surface area contributed by atoms with Gasteiger partial charge in [-0.25, -0.2) is 0 Å². The zero-order valence-corrected chi connectivity index (χ0v) is 12.1. The molecule has 19 heavy (non-hydrogen) atoms. The van der Waals surface area contributed by atoms with Crippen molar-refractivity contribution < 1.29 is 14.7 Å². The molecule has 0 spiro atoms. The smallest absolute Gasteiger partial charge is 0.303 e. The van der Waals surface area contributed by atoms with Crippen LogP contribution in [0.1, 0.15) is 26.2 Å². The standard InChI is InChI=1S/C13H22N2O3S/c1-9(5-12(16)17)10-3-2-4-15(6-10)13(18)11-7-19-8-14-11/h9-11,14H,2-8H2,1H3,(H,16,17). The molecule has 2 aliphatic heterocycles. The van der Waals surface area contributed by atoms with E-state index < -0.39 is 5.97 Å². The summed E-state index contributed by atoms with van der Waals surface area (Å²) in [6, 6.07) is -0.0430. The van der Waals surface area contributed by atoms with Crippen LogP contribution in [0.4, 0.5) is 0 Å². The lowest BCUT2D eigenvalue weighted by Gasteiger charge is -2.36. The first-order chi connectivity index (χ1) is 9.08. The van der Waals surface area contributed by atoms with Gasteiger partial charge in [0, 0.05) is 31.1 Å². The molecule has 3 unspecified atom stereocenters. The van der Waals surface area contributed by atoms with Gasteiger partial charge in [-0.1, -0.05) is 6.92 Å². The van der Waals surface area contributed by atoms with Gasteiger partial charge in [0.15, 0.2) is 0 Å². The van der Waals surface area contributed by atoms with Crippen LogP contribution in [0.25, 0.3) is 0 Å². The van der Waals surface area contributed by atoms with E-state index in [1.165, 1.54) is 0 Å². The summed E-state index contributed by atoms with van der Waals surface area (Å²) < 4.78 is 0. The molecule has 108 valence electrons. The second-order valence-corrected chi connectivity index (χ2v) is 6.56. The van der Waals surface area contributed by atoms with E-state index >= 15 is 0 Å². The van der Waals surface area contributed by atoms with E-state index in [1.807, 2.05) is 11.8 Å². The van der Waals surface area contributed by atoms with Gasteiger partial charge in [-0.2, -0.15) is 0 Å². The molecule has 2 heterocycles. The normalized spacial score (nSPS) is 29.2. The number of rotatable bonds is 4. The van der Waals surface area contributed by atoms with Crippen molar-refractivity contribution in [3.8, 4) is 0 Å². The fraction of sp³-hybridized carbons (Fsp3) is 0.846. The van der Waals surface area contributed by atoms with Gasteiger partial charge in [0.1, 0.15) is 0 Å². The monoisotopic (exact) mass is 286 g/mol. The summed E-state index contributed by atoms with van der Waals surface area (Å²) in [6.45, 7) is 3.52. The highest BCUT2D eigenvalue weighted by molar-refractivity contribution is 7.99. The first kappa shape index (κ1) is 14.7. The molecule has 3 atom stereocenters. The Labute approximate surface area is 118 Å². The van der Waals surface area contributed by atoms with Crippen LogP contribution < -0.4 is 5.32 Å². The predicted molar refractivity (Wildman–Crippen MR) is 75.0 cm³/mol. The number of aliphatic carboxylic acids is 1. The molecule has 6 heteroatoms. The van der Waals surface area contributed by atoms with Crippen LogP contribution in [-0.2, 0) is 9.59 Å². The second-order valence-electron chi connectivity index (χ2n) is 5.53. The summed E-state index contributed by atoms with van der Waals surface area (Å²) in [5, 5.41) is 12.1. The summed E-state index contributed by atoms with van der Waals surface area (Å²) in [6.07, 6.45) is 2.22. The maximum Gasteiger partial charge on any atom is 0.303 e. The zero-order valence-electron chi connectivity index (χ0n) is 11.3. The molecule has 2 saturated heterocycles. The third-order valence-corrected chi connectivity index (χ3v) is 5.03. The molecule has 0 aromatic heterocycles. The van der Waals surface area contributed by atoms with Crippen LogP contribution in [0.5, 0.6) is 0 Å². The number of carbonyl (C=O) groups is 2. The van der Waals surface area contributed by atoms with E-state index in [9.17, 15) is 9.59 Å². The van der Waals surface area contributed by atoms with Crippen LogP contribution in [0.3, 0.4) is 0 Å². The highest BCUT2D eigenvalue weighted by Gasteiger charge is 2.32. The summed E-state index contributed by atoms with van der Waals surface area (Å²) in [5.41, 5.74) is 0. The van der Waals surface area contributed by atoms with Crippen molar-refractivity contribution in [3.05, 3.63) is 0 Å². The number of carboxylic acids is 1. The molecule has 5 nitrogen and oxygen atoms in total. The second kappa shape index (κ2) is 6.61. The quantitative estimate of drug-likeness (QED) is 0.807. The van der Waals surface area contributed by atoms with E-state index in [0.29, 0.717) is 5.92 Å². The maximum absolute atomic E-state index is 12.3. The van der Waals surface area contributed by atoms with Crippen LogP contribution in [-0.4, -0.2) is 52.6 Å². The molecule has 0 saturated carbocycles. The van der Waals surface area contributed by atoms with Crippen LogP contribution >= 0.6 is 11.8 Å². The molecule has 0 aromatic carbocycles. The van der Waals surface area contributed by atoms with E-state index in [2.05, 4.69) is 5.32 Å². The Morgan fingerprint density at radius 2 is 2.32 bits per heavy atom. The number of nitrogens with zero attached hydrogens (tertiary/aromatic N) is 1. The van der Waals surface area contributed by atoms with Gasteiger partial charge < -0.3 is 10.0 Å². The Morgan fingerprint density at radius 3 is 2.95 bits per heavy atom. The largest absolute Gasteiger partial charge is 0.481 e. The highest BCUT2D eigenvalue weighted by Crippen LogP contribution is 2.27. The van der Waals surface area contributed by atoms with Crippen LogP contribution in [0, 0.1) is 11.8 Å². The summed E-state index contributed by atoms with van der Waals surface area (Å²) >= 11 is 1.75. The third kappa shape index (κ3) is 3.86. The first-order valence-electron chi connectivity index (χ1n) is 6.89. The van der Waals surface area contributed by atoms with Gasteiger partial charge in [0.25, 0.3) is 0 Å². The van der Waals surface area contributed by atoms with Crippen LogP contribution in [0.15, 0.2) is 0 Å². The molecular weight excluding hydrogens is 264 g/mol. The van der Waals surface area contributed by atoms with Crippen LogP contribution in [0.2, 0.25) is 0 Å². The average Bonchev–Trinajstić information content (AvgIpc) is 2.91. The van der Waals surface area contributed by atoms with Crippen molar-refractivity contribution in [2.45, 2.75) is 32.2 Å². The van der Waals surface area contributed by atoms with Gasteiger partial charge >= 0.3 is 5.97 Å². The van der Waals surface area contributed by atoms with E-state index in [4.69, 9.17) is 5.11 Å². The Hall–Kier alpha value is -0.750. The Kier molecular flexibility index (Phi) is 5.10. The number of amides is 1. The van der Waals surface area contributed by atoms with E-state index in [1.54, 1.807) is 11.8 Å². The van der Waals surface area contributed by atoms with Gasteiger partial charge in [0.2, 0.25) is 5.91 Å². The molecule has 2 rings (SSSR count). The third-order valence-electron chi connectivity index (χ3n) is 4.09. The van der Waals surface area contributed by atoms with Gasteiger partial charge in [-0.3, -0.25) is 14.9 Å². The SMILES string of the molecule is CC(CC(=O)O)C1CCCN(C(=O)C2CSCN2)C1. The molecule has 0 bridgehead atoms. The minimum Gasteiger partial charge on any atom is -0.481 e. The van der Waals surface area contributed by atoms with Gasteiger partial charge in [-0.05, 0) is 24.7 Å². The lowest BCUT2D eigenvalue weighted by atomic mass is 9.84. The molecule has 0 aliphatic carbocycles. The summed E-state index contributed by atoms with van der Waals surface area (Å²) in [7, 11) is 0. The topological polar surface area (TPSA) is 69.6 Å². The minimum absolute atomic E-state index is 0.0430. The molecule has 2 N–H and O–H groups in total. The van der Waals surface area contributed by atoms with E-state index in [0.717, 1.165) is 37.6 Å². The first-order valence-corrected chi connectivity index (χ1v) is 8.05. The number of nitrogens with one attached hydrogen (secondary N) is 1. The molecular formula is C13H22N2O3S. The lowest BCUT2D eigenvalue weighted by molar-refractivity contribution is -0.138. The van der Waals surface area contributed by atoms with Crippen molar-refractivity contribution in [3.63, 3.8) is 0 Å². The summed E-state index contributed by atoms with van der Waals surface area (Å²) in [4.78, 5) is 25.0. The Bertz CT molecular complexity index is 345. The van der Waals surface area contributed by atoms with Crippen molar-refractivity contribution >= 4 is 23.6 Å². The van der Waals surface area contributed by atoms with E-state index in [-0.39, 0.29) is 24.3 Å². The van der Waals surface area contributed by atoms with Crippen molar-refractivity contribution in [2.24, 2.45) is 11.8 Å². The average molecular weight is 286 g/mol. The Morgan fingerprint density at radius 1 is 1.53 bits per heavy atom. The van der Waals surface area contributed by atoms with Crippen molar-refractivity contribution in [1.82, 2.24) is 10.2 Å². The number of hydrogen-bond acceptors (Lipinski definition) is 4. The van der Waals surface area contributed by atoms with Gasteiger partial charge in [0.05, 0.1) is 6.04 Å². The number of carboxylic acid groups (broad SMARTS) is 1. The number of hydrogen-bond donors (Lipinski definition) is 2. The molecule has 2 fully saturated rings. The fourth-order valence-corrected chi connectivity index (χ4v) is 3.82. The summed E-state index contributed by atoms with van der Waals surface area (Å²) in [5.74, 6) is 1.61.